The molecule has 1 atom stereocenters. The van der Waals surface area contributed by atoms with Crippen LogP contribution in [0.2, 0.25) is 18.1 Å². The third-order valence-electron chi connectivity index (χ3n) is 4.35. The van der Waals surface area contributed by atoms with Crippen LogP contribution in [0, 0.1) is 0 Å². The highest BCUT2D eigenvalue weighted by Gasteiger charge is 2.40. The lowest BCUT2D eigenvalue weighted by molar-refractivity contribution is 0.177. The summed E-state index contributed by atoms with van der Waals surface area (Å²) in [4.78, 5) is 0. The molecule has 2 nitrogen and oxygen atoms in total. The van der Waals surface area contributed by atoms with E-state index in [1.54, 1.807) is 0 Å². The van der Waals surface area contributed by atoms with Crippen LogP contribution in [0.15, 0.2) is 18.2 Å². The molecule has 1 aliphatic carbocycles. The van der Waals surface area contributed by atoms with E-state index in [4.69, 9.17) is 4.43 Å². The fourth-order valence-electron chi connectivity index (χ4n) is 2.14. The standard InChI is InChI=1S/C15H24O2Si/c1-15(2,3)18(4,5)17-13-8-6-7-11-9-10-12(16)14(11)13/h6-8,12,16H,9-10H2,1-5H3. The van der Waals surface area contributed by atoms with Gasteiger partial charge in [-0.15, -0.1) is 0 Å². The van der Waals surface area contributed by atoms with Crippen molar-refractivity contribution >= 4 is 8.32 Å². The quantitative estimate of drug-likeness (QED) is 0.817. The maximum Gasteiger partial charge on any atom is 0.250 e. The highest BCUT2D eigenvalue weighted by molar-refractivity contribution is 6.74. The molecule has 18 heavy (non-hydrogen) atoms. The van der Waals surface area contributed by atoms with Gasteiger partial charge in [0.05, 0.1) is 6.10 Å². The van der Waals surface area contributed by atoms with Gasteiger partial charge in [-0.25, -0.2) is 0 Å². The molecule has 0 radical (unpaired) electrons. The minimum absolute atomic E-state index is 0.180. The van der Waals surface area contributed by atoms with Crippen LogP contribution in [0.4, 0.5) is 0 Å². The lowest BCUT2D eigenvalue weighted by Crippen LogP contribution is -2.44. The normalized spacial score (nSPS) is 19.8. The smallest absolute Gasteiger partial charge is 0.250 e. The van der Waals surface area contributed by atoms with E-state index in [1.807, 2.05) is 12.1 Å². The van der Waals surface area contributed by atoms with Gasteiger partial charge in [-0.05, 0) is 42.6 Å². The van der Waals surface area contributed by atoms with Crippen molar-refractivity contribution in [2.45, 2.75) is 57.8 Å². The number of rotatable bonds is 2. The zero-order valence-electron chi connectivity index (χ0n) is 12.1. The van der Waals surface area contributed by atoms with Crippen LogP contribution < -0.4 is 4.43 Å². The molecule has 1 aromatic carbocycles. The minimum atomic E-state index is -1.83. The number of aryl methyl sites for hydroxylation is 1. The van der Waals surface area contributed by atoms with Gasteiger partial charge in [0.15, 0.2) is 0 Å². The van der Waals surface area contributed by atoms with E-state index in [0.29, 0.717) is 0 Å². The van der Waals surface area contributed by atoms with Gasteiger partial charge < -0.3 is 9.53 Å². The summed E-state index contributed by atoms with van der Waals surface area (Å²) in [5.41, 5.74) is 2.28. The molecular weight excluding hydrogens is 240 g/mol. The van der Waals surface area contributed by atoms with Crippen LogP contribution in [0.25, 0.3) is 0 Å². The molecule has 0 fully saturated rings. The molecule has 0 spiro atoms. The molecule has 1 N–H and O–H groups in total. The van der Waals surface area contributed by atoms with Crippen LogP contribution in [0.1, 0.15) is 44.4 Å². The monoisotopic (exact) mass is 264 g/mol. The predicted octanol–water partition coefficient (Wildman–Crippen LogP) is 4.05. The zero-order chi connectivity index (χ0) is 13.6. The second kappa shape index (κ2) is 4.39. The molecule has 0 aliphatic heterocycles. The fraction of sp³-hybridized carbons (Fsp3) is 0.600. The molecule has 2 rings (SSSR count). The molecule has 0 bridgehead atoms. The van der Waals surface area contributed by atoms with Crippen molar-refractivity contribution in [3.8, 4) is 5.75 Å². The summed E-state index contributed by atoms with van der Waals surface area (Å²) in [6, 6.07) is 6.15. The Kier molecular flexibility index (Phi) is 3.32. The Bertz CT molecular complexity index is 446. The van der Waals surface area contributed by atoms with Crippen molar-refractivity contribution in [2.24, 2.45) is 0 Å². The van der Waals surface area contributed by atoms with Crippen molar-refractivity contribution in [1.29, 1.82) is 0 Å². The summed E-state index contributed by atoms with van der Waals surface area (Å²) in [6.07, 6.45) is 1.44. The number of aliphatic hydroxyl groups is 1. The molecule has 1 aliphatic rings. The number of fused-ring (bicyclic) bond motifs is 1. The van der Waals surface area contributed by atoms with Gasteiger partial charge in [-0.2, -0.15) is 0 Å². The number of hydrogen-bond acceptors (Lipinski definition) is 2. The van der Waals surface area contributed by atoms with Gasteiger partial charge in [0.25, 0.3) is 0 Å². The van der Waals surface area contributed by atoms with E-state index in [0.717, 1.165) is 24.2 Å². The van der Waals surface area contributed by atoms with E-state index in [9.17, 15) is 5.11 Å². The van der Waals surface area contributed by atoms with E-state index < -0.39 is 8.32 Å². The first-order valence-electron chi connectivity index (χ1n) is 6.71. The first-order valence-corrected chi connectivity index (χ1v) is 9.62. The molecule has 1 unspecified atom stereocenters. The van der Waals surface area contributed by atoms with E-state index in [1.165, 1.54) is 5.56 Å². The first kappa shape index (κ1) is 13.6. The average Bonchev–Trinajstić information content (AvgIpc) is 2.59. The summed E-state index contributed by atoms with van der Waals surface area (Å²) in [5.74, 6) is 0.907. The Morgan fingerprint density at radius 2 is 1.94 bits per heavy atom. The van der Waals surface area contributed by atoms with E-state index in [2.05, 4.69) is 39.9 Å². The molecule has 0 saturated heterocycles. The van der Waals surface area contributed by atoms with Crippen LogP contribution in [-0.4, -0.2) is 13.4 Å². The summed E-state index contributed by atoms with van der Waals surface area (Å²) >= 11 is 0. The summed E-state index contributed by atoms with van der Waals surface area (Å²) in [5, 5.41) is 10.3. The fourth-order valence-corrected chi connectivity index (χ4v) is 3.17. The lowest BCUT2D eigenvalue weighted by atomic mass is 10.1. The van der Waals surface area contributed by atoms with Gasteiger partial charge in [-0.1, -0.05) is 32.9 Å². The Labute approximate surface area is 111 Å². The number of benzene rings is 1. The summed E-state index contributed by atoms with van der Waals surface area (Å²) < 4.78 is 6.36. The van der Waals surface area contributed by atoms with Gasteiger partial charge >= 0.3 is 0 Å². The van der Waals surface area contributed by atoms with Gasteiger partial charge in [0, 0.05) is 5.56 Å². The van der Waals surface area contributed by atoms with Gasteiger partial charge in [-0.3, -0.25) is 0 Å². The molecule has 0 saturated carbocycles. The maximum absolute atomic E-state index is 10.1. The van der Waals surface area contributed by atoms with Gasteiger partial charge in [0.2, 0.25) is 8.32 Å². The second-order valence-electron chi connectivity index (χ2n) is 6.75. The SMILES string of the molecule is CC(C)(C)[Si](C)(C)Oc1cccc2c1C(O)CC2. The molecule has 1 aromatic rings. The van der Waals surface area contributed by atoms with Crippen molar-refractivity contribution < 1.29 is 9.53 Å². The van der Waals surface area contributed by atoms with Crippen molar-refractivity contribution in [3.05, 3.63) is 29.3 Å². The summed E-state index contributed by atoms with van der Waals surface area (Å²) in [6.45, 7) is 11.2. The first-order chi connectivity index (χ1) is 8.22. The third kappa shape index (κ3) is 2.34. The summed E-state index contributed by atoms with van der Waals surface area (Å²) in [7, 11) is -1.83. The van der Waals surface area contributed by atoms with Crippen LogP contribution in [0.5, 0.6) is 5.75 Å². The molecule has 0 amide bonds. The molecule has 0 heterocycles. The van der Waals surface area contributed by atoms with Crippen molar-refractivity contribution in [2.75, 3.05) is 0 Å². The third-order valence-corrected chi connectivity index (χ3v) is 8.69. The molecular formula is C15H24O2Si. The van der Waals surface area contributed by atoms with Crippen molar-refractivity contribution in [1.82, 2.24) is 0 Å². The molecule has 0 aromatic heterocycles. The number of aliphatic hydroxyl groups excluding tert-OH is 1. The van der Waals surface area contributed by atoms with E-state index in [-0.39, 0.29) is 11.1 Å². The van der Waals surface area contributed by atoms with E-state index >= 15 is 0 Å². The zero-order valence-corrected chi connectivity index (χ0v) is 13.1. The van der Waals surface area contributed by atoms with Gasteiger partial charge in [0.1, 0.15) is 5.75 Å². The Morgan fingerprint density at radius 1 is 1.28 bits per heavy atom. The predicted molar refractivity (Wildman–Crippen MR) is 77.5 cm³/mol. The average molecular weight is 264 g/mol. The molecule has 100 valence electrons. The largest absolute Gasteiger partial charge is 0.543 e. The minimum Gasteiger partial charge on any atom is -0.543 e. The van der Waals surface area contributed by atoms with Crippen LogP contribution >= 0.6 is 0 Å². The lowest BCUT2D eigenvalue weighted by Gasteiger charge is -2.37. The maximum atomic E-state index is 10.1. The highest BCUT2D eigenvalue weighted by Crippen LogP contribution is 2.42. The van der Waals surface area contributed by atoms with Crippen molar-refractivity contribution in [3.63, 3.8) is 0 Å². The second-order valence-corrected chi connectivity index (χ2v) is 11.5. The Morgan fingerprint density at radius 3 is 2.56 bits per heavy atom. The Balaban J connectivity index is 2.34. The molecule has 3 heteroatoms. The van der Waals surface area contributed by atoms with Crippen LogP contribution in [-0.2, 0) is 6.42 Å². The topological polar surface area (TPSA) is 29.5 Å². The number of hydrogen-bond donors (Lipinski definition) is 1. The highest BCUT2D eigenvalue weighted by atomic mass is 28.4. The Hall–Kier alpha value is -0.803. The van der Waals surface area contributed by atoms with Crippen LogP contribution in [0.3, 0.4) is 0 Å².